The van der Waals surface area contributed by atoms with Crippen LogP contribution in [0.15, 0.2) is 48.5 Å². The molecule has 4 aromatic rings. The van der Waals surface area contributed by atoms with Crippen LogP contribution in [-0.4, -0.2) is 50.8 Å². The number of alkyl halides is 2. The third kappa shape index (κ3) is 3.94. The predicted octanol–water partition coefficient (Wildman–Crippen LogP) is 3.92. The lowest BCUT2D eigenvalue weighted by atomic mass is 10.3. The molecule has 1 fully saturated rings. The maximum absolute atomic E-state index is 13.8. The third-order valence-corrected chi connectivity index (χ3v) is 4.87. The van der Waals surface area contributed by atoms with Crippen molar-refractivity contribution in [2.45, 2.75) is 6.43 Å². The van der Waals surface area contributed by atoms with Crippen LogP contribution in [0.1, 0.15) is 12.2 Å². The predicted molar refractivity (Wildman–Crippen MR) is 109 cm³/mol. The number of benzene rings is 2. The zero-order chi connectivity index (χ0) is 22.1. The second-order valence-electron chi connectivity index (χ2n) is 6.97. The number of imidazole rings is 1. The Kier molecular flexibility index (Phi) is 5.31. The van der Waals surface area contributed by atoms with Gasteiger partial charge in [-0.2, -0.15) is 15.0 Å². The summed E-state index contributed by atoms with van der Waals surface area (Å²) in [7, 11) is 0. The highest BCUT2D eigenvalue weighted by atomic mass is 19.3. The summed E-state index contributed by atoms with van der Waals surface area (Å²) in [4.78, 5) is 18.9. The number of aromatic nitrogens is 5. The monoisotopic (exact) mass is 442 g/mol. The van der Waals surface area contributed by atoms with Crippen LogP contribution < -0.4 is 9.64 Å². The SMILES string of the molecule is Fc1cccc(Oc2nc(N3CCOCC3)nc(-n3c(C(F)F)nc4ccccc43)n2)c1. The summed E-state index contributed by atoms with van der Waals surface area (Å²) < 4.78 is 53.5. The van der Waals surface area contributed by atoms with E-state index in [9.17, 15) is 13.2 Å². The van der Waals surface area contributed by atoms with Crippen molar-refractivity contribution in [2.75, 3.05) is 31.2 Å². The number of hydrogen-bond acceptors (Lipinski definition) is 7. The van der Waals surface area contributed by atoms with Gasteiger partial charge in [-0.25, -0.2) is 18.2 Å². The minimum Gasteiger partial charge on any atom is -0.424 e. The number of nitrogens with zero attached hydrogens (tertiary/aromatic N) is 6. The molecule has 1 saturated heterocycles. The summed E-state index contributed by atoms with van der Waals surface area (Å²) >= 11 is 0. The molecule has 0 unspecified atom stereocenters. The highest BCUT2D eigenvalue weighted by Crippen LogP contribution is 2.29. The molecule has 0 radical (unpaired) electrons. The van der Waals surface area contributed by atoms with Crippen LogP contribution in [0.4, 0.5) is 19.1 Å². The molecular formula is C21H17F3N6O2. The molecule has 1 aliphatic heterocycles. The van der Waals surface area contributed by atoms with Gasteiger partial charge in [-0.3, -0.25) is 4.57 Å². The van der Waals surface area contributed by atoms with E-state index >= 15 is 0 Å². The molecule has 0 spiro atoms. The van der Waals surface area contributed by atoms with E-state index in [4.69, 9.17) is 9.47 Å². The number of ether oxygens (including phenoxy) is 2. The van der Waals surface area contributed by atoms with Crippen molar-refractivity contribution in [3.63, 3.8) is 0 Å². The molecule has 1 aliphatic rings. The van der Waals surface area contributed by atoms with Gasteiger partial charge in [0, 0.05) is 19.2 Å². The minimum absolute atomic E-state index is 0.0723. The Balaban J connectivity index is 1.66. The lowest BCUT2D eigenvalue weighted by molar-refractivity contribution is 0.122. The van der Waals surface area contributed by atoms with Crippen molar-refractivity contribution < 1.29 is 22.6 Å². The topological polar surface area (TPSA) is 78.2 Å². The summed E-state index contributed by atoms with van der Waals surface area (Å²) in [5.41, 5.74) is 0.794. The van der Waals surface area contributed by atoms with E-state index in [1.807, 2.05) is 4.90 Å². The summed E-state index contributed by atoms with van der Waals surface area (Å²) in [6.45, 7) is 1.96. The fourth-order valence-corrected chi connectivity index (χ4v) is 3.42. The zero-order valence-corrected chi connectivity index (χ0v) is 16.7. The first-order valence-electron chi connectivity index (χ1n) is 9.86. The molecular weight excluding hydrogens is 425 g/mol. The maximum Gasteiger partial charge on any atom is 0.328 e. The van der Waals surface area contributed by atoms with E-state index in [1.54, 1.807) is 24.3 Å². The van der Waals surface area contributed by atoms with Crippen LogP contribution in [-0.2, 0) is 4.74 Å². The largest absolute Gasteiger partial charge is 0.424 e. The first-order valence-corrected chi connectivity index (χ1v) is 9.86. The highest BCUT2D eigenvalue weighted by Gasteiger charge is 2.24. The number of anilines is 1. The second-order valence-corrected chi connectivity index (χ2v) is 6.97. The summed E-state index contributed by atoms with van der Waals surface area (Å²) in [6.07, 6.45) is -2.86. The van der Waals surface area contributed by atoms with E-state index in [0.717, 1.165) is 0 Å². The van der Waals surface area contributed by atoms with Crippen LogP contribution in [0.2, 0.25) is 0 Å². The molecule has 0 atom stereocenters. The van der Waals surface area contributed by atoms with Crippen molar-refractivity contribution in [1.82, 2.24) is 24.5 Å². The van der Waals surface area contributed by atoms with Crippen molar-refractivity contribution in [3.05, 3.63) is 60.2 Å². The Labute approximate surface area is 180 Å². The Hall–Kier alpha value is -3.73. The molecule has 2 aromatic carbocycles. The molecule has 5 rings (SSSR count). The van der Waals surface area contributed by atoms with Crippen LogP contribution >= 0.6 is 0 Å². The van der Waals surface area contributed by atoms with Gasteiger partial charge in [0.15, 0.2) is 5.82 Å². The number of hydrogen-bond donors (Lipinski definition) is 0. The fourth-order valence-electron chi connectivity index (χ4n) is 3.42. The Morgan fingerprint density at radius 2 is 1.69 bits per heavy atom. The van der Waals surface area contributed by atoms with Gasteiger partial charge in [-0.1, -0.05) is 18.2 Å². The molecule has 2 aromatic heterocycles. The fraction of sp³-hybridized carbons (Fsp3) is 0.238. The molecule has 0 amide bonds. The van der Waals surface area contributed by atoms with Gasteiger partial charge >= 0.3 is 6.01 Å². The third-order valence-electron chi connectivity index (χ3n) is 4.87. The summed E-state index contributed by atoms with van der Waals surface area (Å²) in [5, 5.41) is 0. The van der Waals surface area contributed by atoms with Crippen LogP contribution in [0.5, 0.6) is 11.8 Å². The normalized spacial score (nSPS) is 14.3. The second kappa shape index (κ2) is 8.42. The summed E-state index contributed by atoms with van der Waals surface area (Å²) in [5.74, 6) is -0.660. The average molecular weight is 442 g/mol. The van der Waals surface area contributed by atoms with Crippen molar-refractivity contribution in [2.24, 2.45) is 0 Å². The number of rotatable bonds is 5. The van der Waals surface area contributed by atoms with Crippen LogP contribution in [0.25, 0.3) is 17.0 Å². The molecule has 11 heteroatoms. The van der Waals surface area contributed by atoms with Crippen LogP contribution in [0, 0.1) is 5.82 Å². The van der Waals surface area contributed by atoms with Gasteiger partial charge in [0.05, 0.1) is 24.2 Å². The molecule has 3 heterocycles. The quantitative estimate of drug-likeness (QED) is 0.464. The average Bonchev–Trinajstić information content (AvgIpc) is 3.20. The number of halogens is 3. The van der Waals surface area contributed by atoms with E-state index in [0.29, 0.717) is 37.3 Å². The smallest absolute Gasteiger partial charge is 0.328 e. The molecule has 32 heavy (non-hydrogen) atoms. The molecule has 0 aliphatic carbocycles. The van der Waals surface area contributed by atoms with Crippen molar-refractivity contribution >= 4 is 17.0 Å². The van der Waals surface area contributed by atoms with Gasteiger partial charge < -0.3 is 14.4 Å². The first-order chi connectivity index (χ1) is 15.6. The zero-order valence-electron chi connectivity index (χ0n) is 16.7. The number of para-hydroxylation sites is 2. The van der Waals surface area contributed by atoms with Crippen molar-refractivity contribution in [3.8, 4) is 17.7 Å². The highest BCUT2D eigenvalue weighted by molar-refractivity contribution is 5.77. The maximum atomic E-state index is 13.8. The Morgan fingerprint density at radius 1 is 0.906 bits per heavy atom. The molecule has 164 valence electrons. The Morgan fingerprint density at radius 3 is 2.47 bits per heavy atom. The first kappa shape index (κ1) is 20.2. The number of morpholine rings is 1. The minimum atomic E-state index is -2.86. The van der Waals surface area contributed by atoms with E-state index in [-0.39, 0.29) is 23.7 Å². The van der Waals surface area contributed by atoms with Gasteiger partial charge in [-0.15, -0.1) is 0 Å². The molecule has 0 bridgehead atoms. The lowest BCUT2D eigenvalue weighted by Gasteiger charge is -2.27. The Bertz CT molecular complexity index is 1260. The molecule has 0 saturated carbocycles. The molecule has 0 N–H and O–H groups in total. The van der Waals surface area contributed by atoms with Crippen LogP contribution in [0.3, 0.4) is 0 Å². The van der Waals surface area contributed by atoms with Gasteiger partial charge in [0.2, 0.25) is 11.9 Å². The lowest BCUT2D eigenvalue weighted by Crippen LogP contribution is -2.37. The van der Waals surface area contributed by atoms with E-state index < -0.39 is 18.1 Å². The standard InChI is InChI=1S/C21H17F3N6O2/c22-13-4-3-5-14(12-13)32-21-27-19(29-8-10-31-11-9-29)26-20(28-21)30-16-7-2-1-6-15(16)25-18(30)17(23)24/h1-7,12,17H,8-11H2. The van der Waals surface area contributed by atoms with E-state index in [2.05, 4.69) is 19.9 Å². The molecule has 8 nitrogen and oxygen atoms in total. The van der Waals surface area contributed by atoms with E-state index in [1.165, 1.54) is 28.8 Å². The summed E-state index contributed by atoms with van der Waals surface area (Å²) in [6, 6.07) is 12.0. The van der Waals surface area contributed by atoms with Gasteiger partial charge in [0.1, 0.15) is 11.6 Å². The van der Waals surface area contributed by atoms with Gasteiger partial charge in [0.25, 0.3) is 6.43 Å². The number of fused-ring (bicyclic) bond motifs is 1. The van der Waals surface area contributed by atoms with Gasteiger partial charge in [-0.05, 0) is 24.3 Å². The van der Waals surface area contributed by atoms with Crippen molar-refractivity contribution in [1.29, 1.82) is 0 Å².